The van der Waals surface area contributed by atoms with Gasteiger partial charge in [0.2, 0.25) is 0 Å². The molecule has 1 aromatic heterocycles. The normalized spacial score (nSPS) is 11.3. The van der Waals surface area contributed by atoms with Crippen LogP contribution in [0.15, 0.2) is 48.5 Å². The van der Waals surface area contributed by atoms with Crippen molar-refractivity contribution < 1.29 is 23.7 Å². The van der Waals surface area contributed by atoms with Crippen molar-refractivity contribution in [1.82, 2.24) is 9.78 Å². The molecule has 0 unspecified atom stereocenters. The van der Waals surface area contributed by atoms with Crippen LogP contribution in [0.4, 0.5) is 0 Å². The largest absolute Gasteiger partial charge is 0.494 e. The number of rotatable bonds is 10. The predicted octanol–water partition coefficient (Wildman–Crippen LogP) is 5.11. The quantitative estimate of drug-likeness (QED) is 0.398. The molecule has 0 aliphatic rings. The van der Waals surface area contributed by atoms with Gasteiger partial charge in [0.25, 0.3) is 0 Å². The van der Waals surface area contributed by atoms with Gasteiger partial charge in [-0.05, 0) is 64.4 Å². The minimum Gasteiger partial charge on any atom is -0.494 e. The van der Waals surface area contributed by atoms with Gasteiger partial charge in [0.15, 0.2) is 5.60 Å². The van der Waals surface area contributed by atoms with E-state index < -0.39 is 11.6 Å². The SMILES string of the molecule is CCOc1cc(OCC)cc(-c2cc(COC(C)(C)C(=O)OC)nn2-c2ccccc2C)c1. The summed E-state index contributed by atoms with van der Waals surface area (Å²) < 4.78 is 24.1. The molecule has 0 amide bonds. The van der Waals surface area contributed by atoms with E-state index in [1.54, 1.807) is 13.8 Å². The Morgan fingerprint density at radius 1 is 1.00 bits per heavy atom. The van der Waals surface area contributed by atoms with Gasteiger partial charge in [0, 0.05) is 11.6 Å². The Hall–Kier alpha value is -3.32. The lowest BCUT2D eigenvalue weighted by Gasteiger charge is -2.21. The highest BCUT2D eigenvalue weighted by atomic mass is 16.6. The Kier molecular flexibility index (Phi) is 7.76. The van der Waals surface area contributed by atoms with Crippen LogP contribution in [-0.4, -0.2) is 41.7 Å². The molecule has 0 radical (unpaired) electrons. The molecule has 0 bridgehead atoms. The lowest BCUT2D eigenvalue weighted by atomic mass is 10.1. The van der Waals surface area contributed by atoms with E-state index in [1.165, 1.54) is 7.11 Å². The van der Waals surface area contributed by atoms with Crippen molar-refractivity contribution in [2.45, 2.75) is 46.8 Å². The molecule has 2 aromatic carbocycles. The zero-order chi connectivity index (χ0) is 24.0. The minimum absolute atomic E-state index is 0.150. The average Bonchev–Trinajstić information content (AvgIpc) is 3.22. The van der Waals surface area contributed by atoms with E-state index in [9.17, 15) is 4.79 Å². The summed E-state index contributed by atoms with van der Waals surface area (Å²) >= 11 is 0. The van der Waals surface area contributed by atoms with Gasteiger partial charge in [0.05, 0.1) is 44.0 Å². The number of aromatic nitrogens is 2. The minimum atomic E-state index is -1.08. The van der Waals surface area contributed by atoms with Crippen LogP contribution in [0.3, 0.4) is 0 Å². The fourth-order valence-electron chi connectivity index (χ4n) is 3.47. The first kappa shape index (κ1) is 24.3. The van der Waals surface area contributed by atoms with Crippen LogP contribution < -0.4 is 9.47 Å². The number of hydrogen-bond donors (Lipinski definition) is 0. The third-order valence-corrected chi connectivity index (χ3v) is 5.16. The zero-order valence-corrected chi connectivity index (χ0v) is 20.2. The Balaban J connectivity index is 2.08. The van der Waals surface area contributed by atoms with Crippen molar-refractivity contribution >= 4 is 5.97 Å². The van der Waals surface area contributed by atoms with Gasteiger partial charge >= 0.3 is 5.97 Å². The van der Waals surface area contributed by atoms with Crippen molar-refractivity contribution in [1.29, 1.82) is 0 Å². The summed E-state index contributed by atoms with van der Waals surface area (Å²) in [6, 6.07) is 15.8. The molecular formula is C26H32N2O5. The third-order valence-electron chi connectivity index (χ3n) is 5.16. The molecule has 33 heavy (non-hydrogen) atoms. The van der Waals surface area contributed by atoms with Crippen LogP contribution in [0.2, 0.25) is 0 Å². The van der Waals surface area contributed by atoms with E-state index in [0.29, 0.717) is 18.9 Å². The molecule has 0 saturated heterocycles. The number of methoxy groups -OCH3 is 1. The highest BCUT2D eigenvalue weighted by molar-refractivity contribution is 5.78. The molecule has 7 heteroatoms. The fraction of sp³-hybridized carbons (Fsp3) is 0.385. The van der Waals surface area contributed by atoms with Gasteiger partial charge in [-0.1, -0.05) is 18.2 Å². The van der Waals surface area contributed by atoms with Gasteiger partial charge in [-0.3, -0.25) is 0 Å². The lowest BCUT2D eigenvalue weighted by molar-refractivity contribution is -0.166. The Morgan fingerprint density at radius 3 is 2.21 bits per heavy atom. The Labute approximate surface area is 195 Å². The molecule has 0 aliphatic heterocycles. The van der Waals surface area contributed by atoms with Gasteiger partial charge < -0.3 is 18.9 Å². The number of hydrogen-bond acceptors (Lipinski definition) is 6. The summed E-state index contributed by atoms with van der Waals surface area (Å²) in [4.78, 5) is 12.0. The van der Waals surface area contributed by atoms with Gasteiger partial charge in [0.1, 0.15) is 11.5 Å². The number of nitrogens with zero attached hydrogens (tertiary/aromatic N) is 2. The molecule has 0 spiro atoms. The molecule has 176 valence electrons. The maximum atomic E-state index is 12.0. The maximum absolute atomic E-state index is 12.0. The van der Waals surface area contributed by atoms with Crippen molar-refractivity contribution in [2.24, 2.45) is 0 Å². The van der Waals surface area contributed by atoms with Crippen LogP contribution in [0.25, 0.3) is 16.9 Å². The zero-order valence-electron chi connectivity index (χ0n) is 20.2. The summed E-state index contributed by atoms with van der Waals surface area (Å²) in [5, 5.41) is 4.82. The third kappa shape index (κ3) is 5.73. The predicted molar refractivity (Wildman–Crippen MR) is 127 cm³/mol. The van der Waals surface area contributed by atoms with Crippen LogP contribution in [0, 0.1) is 6.92 Å². The standard InChI is InChI=1S/C26H32N2O5/c1-7-31-21-13-19(14-22(16-21)32-8-2)24-15-20(17-33-26(4,5)25(29)30-6)27-28(24)23-12-10-9-11-18(23)3/h9-16H,7-8,17H2,1-6H3. The summed E-state index contributed by atoms with van der Waals surface area (Å²) in [5.74, 6) is 1.01. The number of esters is 1. The smallest absolute Gasteiger partial charge is 0.337 e. The highest BCUT2D eigenvalue weighted by Crippen LogP contribution is 2.33. The lowest BCUT2D eigenvalue weighted by Crippen LogP contribution is -2.35. The van der Waals surface area contributed by atoms with Gasteiger partial charge in [-0.25, -0.2) is 9.48 Å². The van der Waals surface area contributed by atoms with Crippen molar-refractivity contribution in [3.63, 3.8) is 0 Å². The molecular weight excluding hydrogens is 420 g/mol. The number of benzene rings is 2. The maximum Gasteiger partial charge on any atom is 0.337 e. The first-order valence-electron chi connectivity index (χ1n) is 11.1. The molecule has 0 N–H and O–H groups in total. The van der Waals surface area contributed by atoms with Crippen molar-refractivity contribution in [3.05, 3.63) is 59.8 Å². The molecule has 0 aliphatic carbocycles. The molecule has 0 fully saturated rings. The fourth-order valence-corrected chi connectivity index (χ4v) is 3.47. The van der Waals surface area contributed by atoms with E-state index in [4.69, 9.17) is 24.0 Å². The van der Waals surface area contributed by atoms with E-state index in [2.05, 4.69) is 0 Å². The number of carbonyl (C=O) groups excluding carboxylic acids is 1. The number of aryl methyl sites for hydroxylation is 1. The van der Waals surface area contributed by atoms with Crippen molar-refractivity contribution in [3.8, 4) is 28.4 Å². The second kappa shape index (κ2) is 10.5. The molecule has 3 aromatic rings. The molecule has 7 nitrogen and oxygen atoms in total. The summed E-state index contributed by atoms with van der Waals surface area (Å²) in [7, 11) is 1.35. The number of ether oxygens (including phenoxy) is 4. The first-order valence-corrected chi connectivity index (χ1v) is 11.1. The Morgan fingerprint density at radius 2 is 1.64 bits per heavy atom. The molecule has 3 rings (SSSR count). The Bertz CT molecular complexity index is 1080. The highest BCUT2D eigenvalue weighted by Gasteiger charge is 2.30. The molecule has 0 atom stereocenters. The second-order valence-corrected chi connectivity index (χ2v) is 8.07. The summed E-state index contributed by atoms with van der Waals surface area (Å²) in [6.07, 6.45) is 0. The van der Waals surface area contributed by atoms with Crippen molar-refractivity contribution in [2.75, 3.05) is 20.3 Å². The van der Waals surface area contributed by atoms with Gasteiger partial charge in [-0.15, -0.1) is 0 Å². The molecule has 1 heterocycles. The second-order valence-electron chi connectivity index (χ2n) is 8.07. The van der Waals surface area contributed by atoms with Crippen LogP contribution in [0.1, 0.15) is 39.0 Å². The summed E-state index contributed by atoms with van der Waals surface area (Å²) in [5.41, 5.74) is 3.39. The van der Waals surface area contributed by atoms with E-state index in [1.807, 2.05) is 74.0 Å². The molecule has 0 saturated carbocycles. The monoisotopic (exact) mass is 452 g/mol. The van der Waals surface area contributed by atoms with E-state index in [-0.39, 0.29) is 6.61 Å². The number of carbonyl (C=O) groups is 1. The van der Waals surface area contributed by atoms with Crippen LogP contribution in [0.5, 0.6) is 11.5 Å². The first-order chi connectivity index (χ1) is 15.8. The van der Waals surface area contributed by atoms with E-state index >= 15 is 0 Å². The summed E-state index contributed by atoms with van der Waals surface area (Å²) in [6.45, 7) is 10.5. The average molecular weight is 453 g/mol. The van der Waals surface area contributed by atoms with Crippen LogP contribution in [-0.2, 0) is 20.9 Å². The van der Waals surface area contributed by atoms with Gasteiger partial charge in [-0.2, -0.15) is 5.10 Å². The van der Waals surface area contributed by atoms with E-state index in [0.717, 1.165) is 34.0 Å². The topological polar surface area (TPSA) is 71.8 Å². The van der Waals surface area contributed by atoms with Crippen LogP contribution >= 0.6 is 0 Å². The number of para-hydroxylation sites is 1.